The van der Waals surface area contributed by atoms with Gasteiger partial charge in [0.05, 0.1) is 0 Å². The summed E-state index contributed by atoms with van der Waals surface area (Å²) in [6, 6.07) is 23.1. The minimum atomic E-state index is -0.435. The summed E-state index contributed by atoms with van der Waals surface area (Å²) in [7, 11) is 0. The van der Waals surface area contributed by atoms with Crippen LogP contribution in [0.25, 0.3) is 11.1 Å². The van der Waals surface area contributed by atoms with Crippen LogP contribution in [0.5, 0.6) is 11.5 Å². The summed E-state index contributed by atoms with van der Waals surface area (Å²) in [6.45, 7) is 1.79. The van der Waals surface area contributed by atoms with Gasteiger partial charge in [0.15, 0.2) is 6.61 Å². The average Bonchev–Trinajstić information content (AvgIpc) is 2.62. The second kappa shape index (κ2) is 7.99. The highest BCUT2D eigenvalue weighted by atomic mass is 79.9. The van der Waals surface area contributed by atoms with Crippen molar-refractivity contribution in [2.24, 2.45) is 0 Å². The second-order valence-corrected chi connectivity index (χ2v) is 6.48. The zero-order valence-electron chi connectivity index (χ0n) is 13.7. The number of esters is 1. The first-order valence-electron chi connectivity index (χ1n) is 7.87. The highest BCUT2D eigenvalue weighted by molar-refractivity contribution is 9.10. The fourth-order valence-corrected chi connectivity index (χ4v) is 2.89. The molecule has 3 aromatic rings. The molecule has 25 heavy (non-hydrogen) atoms. The average molecular weight is 397 g/mol. The van der Waals surface area contributed by atoms with Crippen LogP contribution in [-0.2, 0) is 4.79 Å². The summed E-state index contributed by atoms with van der Waals surface area (Å²) in [5.41, 5.74) is 3.14. The van der Waals surface area contributed by atoms with E-state index in [4.69, 9.17) is 9.47 Å². The standard InChI is InChI=1S/C21H17BrO3/c1-15-13-18(22)9-12-20(15)24-14-21(23)25-19-10-7-17(8-11-19)16-5-3-2-4-6-16/h2-13H,14H2,1H3. The van der Waals surface area contributed by atoms with Crippen molar-refractivity contribution < 1.29 is 14.3 Å². The van der Waals surface area contributed by atoms with E-state index in [9.17, 15) is 4.79 Å². The fraction of sp³-hybridized carbons (Fsp3) is 0.0952. The fourth-order valence-electron chi connectivity index (χ4n) is 2.42. The first-order chi connectivity index (χ1) is 12.1. The van der Waals surface area contributed by atoms with E-state index in [1.807, 2.05) is 67.6 Å². The minimum absolute atomic E-state index is 0.136. The molecule has 3 aromatic carbocycles. The summed E-state index contributed by atoms with van der Waals surface area (Å²) in [4.78, 5) is 12.0. The Hall–Kier alpha value is -2.59. The Morgan fingerprint density at radius 2 is 1.60 bits per heavy atom. The number of benzene rings is 3. The molecule has 3 nitrogen and oxygen atoms in total. The number of carbonyl (C=O) groups is 1. The van der Waals surface area contributed by atoms with Gasteiger partial charge in [-0.25, -0.2) is 4.79 Å². The Labute approximate surface area is 155 Å². The van der Waals surface area contributed by atoms with E-state index >= 15 is 0 Å². The van der Waals surface area contributed by atoms with Crippen molar-refractivity contribution in [2.45, 2.75) is 6.92 Å². The van der Waals surface area contributed by atoms with Gasteiger partial charge in [-0.05, 0) is 53.9 Å². The van der Waals surface area contributed by atoms with Crippen molar-refractivity contribution in [3.63, 3.8) is 0 Å². The molecule has 126 valence electrons. The molecule has 0 aliphatic heterocycles. The van der Waals surface area contributed by atoms with E-state index in [1.165, 1.54) is 0 Å². The predicted molar refractivity (Wildman–Crippen MR) is 102 cm³/mol. The van der Waals surface area contributed by atoms with Crippen molar-refractivity contribution in [2.75, 3.05) is 6.61 Å². The molecule has 0 atom stereocenters. The maximum absolute atomic E-state index is 12.0. The van der Waals surface area contributed by atoms with Gasteiger partial charge < -0.3 is 9.47 Å². The molecule has 0 radical (unpaired) electrons. The van der Waals surface area contributed by atoms with Crippen LogP contribution in [0.4, 0.5) is 0 Å². The van der Waals surface area contributed by atoms with Crippen molar-refractivity contribution >= 4 is 21.9 Å². The number of carbonyl (C=O) groups excluding carboxylic acids is 1. The summed E-state index contributed by atoms with van der Waals surface area (Å²) >= 11 is 3.40. The molecule has 4 heteroatoms. The third kappa shape index (κ3) is 4.70. The van der Waals surface area contributed by atoms with Gasteiger partial charge in [0.2, 0.25) is 0 Å². The lowest BCUT2D eigenvalue weighted by Gasteiger charge is -2.09. The Kier molecular flexibility index (Phi) is 5.51. The van der Waals surface area contributed by atoms with Crippen molar-refractivity contribution in [3.05, 3.63) is 82.8 Å². The first-order valence-corrected chi connectivity index (χ1v) is 8.66. The molecule has 0 spiro atoms. The topological polar surface area (TPSA) is 35.5 Å². The summed E-state index contributed by atoms with van der Waals surface area (Å²) in [5, 5.41) is 0. The van der Waals surface area contributed by atoms with E-state index in [2.05, 4.69) is 15.9 Å². The zero-order chi connectivity index (χ0) is 17.6. The summed E-state index contributed by atoms with van der Waals surface area (Å²) in [6.07, 6.45) is 0. The van der Waals surface area contributed by atoms with E-state index < -0.39 is 5.97 Å². The molecule has 0 fully saturated rings. The van der Waals surface area contributed by atoms with Crippen LogP contribution in [0.1, 0.15) is 5.56 Å². The van der Waals surface area contributed by atoms with Gasteiger partial charge >= 0.3 is 5.97 Å². The van der Waals surface area contributed by atoms with Crippen LogP contribution in [0, 0.1) is 6.92 Å². The Balaban J connectivity index is 1.57. The smallest absolute Gasteiger partial charge is 0.349 e. The van der Waals surface area contributed by atoms with Gasteiger partial charge in [0.1, 0.15) is 11.5 Å². The van der Waals surface area contributed by atoms with Gasteiger partial charge in [0, 0.05) is 4.47 Å². The van der Waals surface area contributed by atoms with Crippen molar-refractivity contribution in [1.29, 1.82) is 0 Å². The Morgan fingerprint density at radius 1 is 0.920 bits per heavy atom. The third-order valence-corrected chi connectivity index (χ3v) is 4.17. The lowest BCUT2D eigenvalue weighted by atomic mass is 10.1. The van der Waals surface area contributed by atoms with Crippen LogP contribution in [0.15, 0.2) is 77.3 Å². The monoisotopic (exact) mass is 396 g/mol. The molecule has 0 saturated carbocycles. The van der Waals surface area contributed by atoms with Crippen LogP contribution in [-0.4, -0.2) is 12.6 Å². The molecule has 0 unspecified atom stereocenters. The molecule has 0 aromatic heterocycles. The van der Waals surface area contributed by atoms with Gasteiger partial charge in [-0.3, -0.25) is 0 Å². The predicted octanol–water partition coefficient (Wildman–Crippen LogP) is 5.41. The van der Waals surface area contributed by atoms with Crippen molar-refractivity contribution in [1.82, 2.24) is 0 Å². The van der Waals surface area contributed by atoms with E-state index in [-0.39, 0.29) is 6.61 Å². The molecular weight excluding hydrogens is 380 g/mol. The molecule has 3 rings (SSSR count). The number of halogens is 1. The number of rotatable bonds is 5. The van der Waals surface area contributed by atoms with E-state index in [1.54, 1.807) is 12.1 Å². The minimum Gasteiger partial charge on any atom is -0.482 e. The molecule has 0 aliphatic rings. The normalized spacial score (nSPS) is 10.3. The van der Waals surface area contributed by atoms with Crippen LogP contribution < -0.4 is 9.47 Å². The Morgan fingerprint density at radius 3 is 2.28 bits per heavy atom. The number of aryl methyl sites for hydroxylation is 1. The molecule has 0 amide bonds. The van der Waals surface area contributed by atoms with E-state index in [0.29, 0.717) is 11.5 Å². The Bertz CT molecular complexity index is 858. The van der Waals surface area contributed by atoms with Crippen LogP contribution in [0.3, 0.4) is 0 Å². The highest BCUT2D eigenvalue weighted by Gasteiger charge is 2.08. The maximum Gasteiger partial charge on any atom is 0.349 e. The highest BCUT2D eigenvalue weighted by Crippen LogP contribution is 2.23. The van der Waals surface area contributed by atoms with Gasteiger partial charge in [-0.15, -0.1) is 0 Å². The zero-order valence-corrected chi connectivity index (χ0v) is 15.3. The lowest BCUT2D eigenvalue weighted by molar-refractivity contribution is -0.136. The molecular formula is C21H17BrO3. The summed E-state index contributed by atoms with van der Waals surface area (Å²) in [5.74, 6) is 0.732. The second-order valence-electron chi connectivity index (χ2n) is 5.56. The number of hydrogen-bond acceptors (Lipinski definition) is 3. The molecule has 0 aliphatic carbocycles. The first kappa shape index (κ1) is 17.2. The van der Waals surface area contributed by atoms with Crippen LogP contribution in [0.2, 0.25) is 0 Å². The maximum atomic E-state index is 12.0. The SMILES string of the molecule is Cc1cc(Br)ccc1OCC(=O)Oc1ccc(-c2ccccc2)cc1. The lowest BCUT2D eigenvalue weighted by Crippen LogP contribution is -2.17. The number of ether oxygens (including phenoxy) is 2. The molecule has 0 saturated heterocycles. The molecule has 0 N–H and O–H groups in total. The molecule has 0 heterocycles. The van der Waals surface area contributed by atoms with E-state index in [0.717, 1.165) is 21.2 Å². The van der Waals surface area contributed by atoms with Gasteiger partial charge in [0.25, 0.3) is 0 Å². The summed E-state index contributed by atoms with van der Waals surface area (Å²) < 4.78 is 11.8. The quantitative estimate of drug-likeness (QED) is 0.427. The van der Waals surface area contributed by atoms with Gasteiger partial charge in [-0.1, -0.05) is 58.4 Å². The van der Waals surface area contributed by atoms with Gasteiger partial charge in [-0.2, -0.15) is 0 Å². The molecule has 0 bridgehead atoms. The van der Waals surface area contributed by atoms with Crippen molar-refractivity contribution in [3.8, 4) is 22.6 Å². The number of hydrogen-bond donors (Lipinski definition) is 0. The van der Waals surface area contributed by atoms with Crippen LogP contribution >= 0.6 is 15.9 Å². The third-order valence-electron chi connectivity index (χ3n) is 3.68. The largest absolute Gasteiger partial charge is 0.482 e.